The molecule has 0 bridgehead atoms. The first-order valence-corrected chi connectivity index (χ1v) is 8.90. The van der Waals surface area contributed by atoms with Crippen LogP contribution >= 0.6 is 23.2 Å². The summed E-state index contributed by atoms with van der Waals surface area (Å²) in [4.78, 5) is 17.6. The van der Waals surface area contributed by atoms with Gasteiger partial charge >= 0.3 is 0 Å². The molecule has 134 valence electrons. The highest BCUT2D eigenvalue weighted by atomic mass is 35.5. The van der Waals surface area contributed by atoms with Crippen molar-refractivity contribution in [2.24, 2.45) is 0 Å². The topological polar surface area (TPSA) is 51.2 Å². The lowest BCUT2D eigenvalue weighted by Gasteiger charge is -2.15. The van der Waals surface area contributed by atoms with Gasteiger partial charge in [0.2, 0.25) is 0 Å². The van der Waals surface area contributed by atoms with Gasteiger partial charge in [0.25, 0.3) is 5.91 Å². The molecule has 0 saturated heterocycles. The second kappa shape index (κ2) is 8.04. The fourth-order valence-corrected chi connectivity index (χ4v) is 3.40. The van der Waals surface area contributed by atoms with Crippen LogP contribution in [0, 0.1) is 6.92 Å². The highest BCUT2D eigenvalue weighted by Gasteiger charge is 2.19. The van der Waals surface area contributed by atoms with Crippen molar-refractivity contribution in [3.8, 4) is 11.3 Å². The molecule has 0 unspecified atom stereocenters. The maximum atomic E-state index is 12.8. The van der Waals surface area contributed by atoms with Crippen molar-refractivity contribution in [3.05, 3.63) is 63.6 Å². The Balaban J connectivity index is 2.19. The van der Waals surface area contributed by atoms with E-state index < -0.39 is 0 Å². The largest absolute Gasteiger partial charge is 0.383 e. The van der Waals surface area contributed by atoms with Gasteiger partial charge in [-0.15, -0.1) is 0 Å². The lowest BCUT2D eigenvalue weighted by Crippen LogP contribution is -2.28. The molecule has 2 aromatic carbocycles. The van der Waals surface area contributed by atoms with Gasteiger partial charge in [-0.25, -0.2) is 4.98 Å². The Morgan fingerprint density at radius 1 is 1.19 bits per heavy atom. The zero-order valence-corrected chi connectivity index (χ0v) is 16.0. The van der Waals surface area contributed by atoms with Crippen molar-refractivity contribution in [2.45, 2.75) is 6.92 Å². The standard InChI is InChI=1S/C20H18Cl2N2O2/c1-12-18(20(25)23-9-10-26-2)15-5-3-4-6-17(15)24-19(12)14-8-7-13(21)11-16(14)22/h3-8,11H,9-10H2,1-2H3,(H,23,25). The minimum atomic E-state index is -0.163. The third kappa shape index (κ3) is 3.68. The van der Waals surface area contributed by atoms with Crippen molar-refractivity contribution in [3.63, 3.8) is 0 Å². The minimum Gasteiger partial charge on any atom is -0.383 e. The van der Waals surface area contributed by atoms with Gasteiger partial charge in [0, 0.05) is 29.6 Å². The monoisotopic (exact) mass is 388 g/mol. The number of methoxy groups -OCH3 is 1. The molecule has 0 radical (unpaired) electrons. The van der Waals surface area contributed by atoms with Crippen LogP contribution in [0.15, 0.2) is 42.5 Å². The van der Waals surface area contributed by atoms with Crippen molar-refractivity contribution in [1.29, 1.82) is 0 Å². The summed E-state index contributed by atoms with van der Waals surface area (Å²) in [5.74, 6) is -0.163. The molecule has 0 atom stereocenters. The number of pyridine rings is 1. The third-order valence-electron chi connectivity index (χ3n) is 4.14. The number of nitrogens with zero attached hydrogens (tertiary/aromatic N) is 1. The number of aromatic nitrogens is 1. The molecule has 1 amide bonds. The number of ether oxygens (including phenoxy) is 1. The average Bonchev–Trinajstić information content (AvgIpc) is 2.62. The van der Waals surface area contributed by atoms with Gasteiger partial charge in [-0.05, 0) is 36.8 Å². The molecule has 0 aliphatic carbocycles. The van der Waals surface area contributed by atoms with Crippen molar-refractivity contribution >= 4 is 40.0 Å². The number of carbonyl (C=O) groups is 1. The smallest absolute Gasteiger partial charge is 0.252 e. The summed E-state index contributed by atoms with van der Waals surface area (Å²) in [6.45, 7) is 2.76. The molecule has 0 saturated carbocycles. The van der Waals surface area contributed by atoms with Gasteiger partial charge in [-0.2, -0.15) is 0 Å². The van der Waals surface area contributed by atoms with E-state index >= 15 is 0 Å². The number of rotatable bonds is 5. The van der Waals surface area contributed by atoms with E-state index in [0.717, 1.165) is 22.0 Å². The molecule has 0 aliphatic rings. The van der Waals surface area contributed by atoms with Crippen LogP contribution in [-0.4, -0.2) is 31.2 Å². The van der Waals surface area contributed by atoms with E-state index in [-0.39, 0.29) is 5.91 Å². The number of hydrogen-bond donors (Lipinski definition) is 1. The Morgan fingerprint density at radius 2 is 1.96 bits per heavy atom. The summed E-state index contributed by atoms with van der Waals surface area (Å²) >= 11 is 12.4. The highest BCUT2D eigenvalue weighted by molar-refractivity contribution is 6.36. The van der Waals surface area contributed by atoms with Gasteiger partial charge in [0.05, 0.1) is 28.4 Å². The summed E-state index contributed by atoms with van der Waals surface area (Å²) < 4.78 is 5.01. The summed E-state index contributed by atoms with van der Waals surface area (Å²) in [5.41, 5.74) is 3.50. The summed E-state index contributed by atoms with van der Waals surface area (Å²) in [6.07, 6.45) is 0. The Kier molecular flexibility index (Phi) is 5.77. The fraction of sp³-hybridized carbons (Fsp3) is 0.200. The first kappa shape index (κ1) is 18.6. The number of para-hydroxylation sites is 1. The lowest BCUT2D eigenvalue weighted by molar-refractivity contribution is 0.0938. The molecule has 1 heterocycles. The van der Waals surface area contributed by atoms with Crippen molar-refractivity contribution in [1.82, 2.24) is 10.3 Å². The van der Waals surface area contributed by atoms with Crippen LogP contribution in [0.25, 0.3) is 22.2 Å². The normalized spacial score (nSPS) is 10.9. The average molecular weight is 389 g/mol. The van der Waals surface area contributed by atoms with E-state index in [9.17, 15) is 4.79 Å². The molecule has 6 heteroatoms. The van der Waals surface area contributed by atoms with Gasteiger partial charge in [0.15, 0.2) is 0 Å². The summed E-state index contributed by atoms with van der Waals surface area (Å²) in [5, 5.41) is 4.73. The van der Waals surface area contributed by atoms with Crippen LogP contribution in [0.3, 0.4) is 0 Å². The first-order chi connectivity index (χ1) is 12.5. The predicted octanol–water partition coefficient (Wildman–Crippen LogP) is 4.89. The van der Waals surface area contributed by atoms with E-state index in [1.165, 1.54) is 0 Å². The van der Waals surface area contributed by atoms with Gasteiger partial charge in [0.1, 0.15) is 0 Å². The van der Waals surface area contributed by atoms with E-state index in [1.807, 2.05) is 37.3 Å². The van der Waals surface area contributed by atoms with Crippen LogP contribution in [-0.2, 0) is 4.74 Å². The molecule has 4 nitrogen and oxygen atoms in total. The van der Waals surface area contributed by atoms with Crippen molar-refractivity contribution in [2.75, 3.05) is 20.3 Å². The summed E-state index contributed by atoms with van der Waals surface area (Å²) in [7, 11) is 1.60. The number of amides is 1. The van der Waals surface area contributed by atoms with E-state index in [2.05, 4.69) is 5.32 Å². The number of benzene rings is 2. The Hall–Kier alpha value is -2.14. The van der Waals surface area contributed by atoms with Crippen LogP contribution in [0.2, 0.25) is 10.0 Å². The second-order valence-corrected chi connectivity index (χ2v) is 6.69. The van der Waals surface area contributed by atoms with Gasteiger partial charge in [-0.3, -0.25) is 4.79 Å². The van der Waals surface area contributed by atoms with Crippen LogP contribution < -0.4 is 5.32 Å². The molecule has 3 rings (SSSR count). The zero-order valence-electron chi connectivity index (χ0n) is 14.5. The number of halogens is 2. The van der Waals surface area contributed by atoms with Crippen molar-refractivity contribution < 1.29 is 9.53 Å². The molecule has 0 fully saturated rings. The molecule has 0 aliphatic heterocycles. The van der Waals surface area contributed by atoms with Gasteiger partial charge in [-0.1, -0.05) is 41.4 Å². The summed E-state index contributed by atoms with van der Waals surface area (Å²) in [6, 6.07) is 12.8. The number of carbonyl (C=O) groups excluding carboxylic acids is 1. The van der Waals surface area contributed by atoms with Crippen LogP contribution in [0.4, 0.5) is 0 Å². The number of fused-ring (bicyclic) bond motifs is 1. The Labute approximate surface area is 162 Å². The zero-order chi connectivity index (χ0) is 18.7. The Bertz CT molecular complexity index is 973. The quantitative estimate of drug-likeness (QED) is 0.632. The van der Waals surface area contributed by atoms with E-state index in [4.69, 9.17) is 32.9 Å². The predicted molar refractivity (Wildman–Crippen MR) is 106 cm³/mol. The number of nitrogens with one attached hydrogen (secondary N) is 1. The maximum Gasteiger partial charge on any atom is 0.252 e. The minimum absolute atomic E-state index is 0.163. The van der Waals surface area contributed by atoms with E-state index in [1.54, 1.807) is 19.2 Å². The maximum absolute atomic E-state index is 12.8. The molecule has 1 N–H and O–H groups in total. The Morgan fingerprint density at radius 3 is 2.69 bits per heavy atom. The molecular formula is C20H18Cl2N2O2. The lowest BCUT2D eigenvalue weighted by atomic mass is 9.97. The molecule has 3 aromatic rings. The highest BCUT2D eigenvalue weighted by Crippen LogP contribution is 2.34. The molecule has 0 spiro atoms. The second-order valence-electron chi connectivity index (χ2n) is 5.85. The van der Waals surface area contributed by atoms with Crippen LogP contribution in [0.1, 0.15) is 15.9 Å². The molecular weight excluding hydrogens is 371 g/mol. The van der Waals surface area contributed by atoms with E-state index in [0.29, 0.717) is 34.5 Å². The first-order valence-electron chi connectivity index (χ1n) is 8.15. The fourth-order valence-electron chi connectivity index (χ4n) is 2.90. The molecule has 1 aromatic heterocycles. The van der Waals surface area contributed by atoms with Crippen LogP contribution in [0.5, 0.6) is 0 Å². The number of hydrogen-bond acceptors (Lipinski definition) is 3. The molecule has 26 heavy (non-hydrogen) atoms. The van der Waals surface area contributed by atoms with Gasteiger partial charge < -0.3 is 10.1 Å². The SMILES string of the molecule is COCCNC(=O)c1c(C)c(-c2ccc(Cl)cc2Cl)nc2ccccc12. The third-order valence-corrected chi connectivity index (χ3v) is 4.69.